The minimum atomic E-state index is -4.24. The van der Waals surface area contributed by atoms with Crippen molar-refractivity contribution in [3.63, 3.8) is 0 Å². The number of halogens is 1. The molecule has 2 aromatic carbocycles. The summed E-state index contributed by atoms with van der Waals surface area (Å²) in [6, 6.07) is 10.0. The Labute approximate surface area is 250 Å². The van der Waals surface area contributed by atoms with E-state index in [1.165, 1.54) is 29.2 Å². The van der Waals surface area contributed by atoms with Crippen LogP contribution in [0.5, 0.6) is 11.5 Å². The van der Waals surface area contributed by atoms with E-state index in [2.05, 4.69) is 4.90 Å². The highest BCUT2D eigenvalue weighted by Crippen LogP contribution is 2.39. The molecular formula is C30H38FN3O8S. The summed E-state index contributed by atoms with van der Waals surface area (Å²) in [5.74, 6) is -2.63. The van der Waals surface area contributed by atoms with Crippen LogP contribution in [0.15, 0.2) is 47.4 Å². The first kappa shape index (κ1) is 31.2. The number of aliphatic hydroxyl groups excluding tert-OH is 2. The molecule has 2 aromatic rings. The highest BCUT2D eigenvalue weighted by atomic mass is 32.2. The molecule has 4 unspecified atom stereocenters. The molecule has 1 saturated carbocycles. The third kappa shape index (κ3) is 6.79. The molecule has 13 heteroatoms. The Kier molecular flexibility index (Phi) is 9.26. The summed E-state index contributed by atoms with van der Waals surface area (Å²) in [6.45, 7) is 6.98. The van der Waals surface area contributed by atoms with Crippen LogP contribution in [0.25, 0.3) is 0 Å². The number of hydrogen-bond donors (Lipinski definition) is 2. The molecule has 5 rings (SSSR count). The Morgan fingerprint density at radius 2 is 1.51 bits per heavy atom. The van der Waals surface area contributed by atoms with E-state index in [1.807, 2.05) is 18.7 Å². The van der Waals surface area contributed by atoms with Crippen molar-refractivity contribution in [1.82, 2.24) is 9.80 Å². The smallest absolute Gasteiger partial charge is 0.339 e. The van der Waals surface area contributed by atoms with Crippen molar-refractivity contribution in [3.8, 4) is 11.5 Å². The number of nitrogens with zero attached hydrogens (tertiary/aromatic N) is 3. The molecule has 0 bridgehead atoms. The van der Waals surface area contributed by atoms with Crippen molar-refractivity contribution in [1.29, 1.82) is 0 Å². The fourth-order valence-electron chi connectivity index (χ4n) is 6.04. The lowest BCUT2D eigenvalue weighted by atomic mass is 9.78. The summed E-state index contributed by atoms with van der Waals surface area (Å²) in [4.78, 5) is 31.0. The lowest BCUT2D eigenvalue weighted by Crippen LogP contribution is -2.47. The van der Waals surface area contributed by atoms with E-state index >= 15 is 4.39 Å². The summed E-state index contributed by atoms with van der Waals surface area (Å²) >= 11 is 0. The van der Waals surface area contributed by atoms with E-state index in [9.17, 15) is 28.2 Å². The lowest BCUT2D eigenvalue weighted by molar-refractivity contribution is -0.140. The quantitative estimate of drug-likeness (QED) is 0.300. The molecule has 3 aliphatic rings. The van der Waals surface area contributed by atoms with Gasteiger partial charge in [-0.25, -0.2) is 4.39 Å². The van der Waals surface area contributed by atoms with Crippen molar-refractivity contribution >= 4 is 27.6 Å². The van der Waals surface area contributed by atoms with Crippen LogP contribution >= 0.6 is 0 Å². The van der Waals surface area contributed by atoms with Gasteiger partial charge in [0.05, 0.1) is 35.8 Å². The number of hydrogen-bond acceptors (Lipinski definition) is 10. The number of anilines is 1. The molecule has 43 heavy (non-hydrogen) atoms. The molecule has 1 aliphatic carbocycles. The van der Waals surface area contributed by atoms with E-state index in [-0.39, 0.29) is 42.2 Å². The SMILES string of the molecule is CC(C)Oc1cc(OS(=O)(=O)c2ccccc2)c(F)cc1N1CCN(CCCN2C(=O)C3CC(O)C(O)CC3C2=O)CC1. The number of ether oxygens (including phenoxy) is 1. The fraction of sp³-hybridized carbons (Fsp3) is 0.533. The molecule has 4 atom stereocenters. The van der Waals surface area contributed by atoms with Gasteiger partial charge >= 0.3 is 10.1 Å². The Morgan fingerprint density at radius 1 is 0.907 bits per heavy atom. The second-order valence-electron chi connectivity index (χ2n) is 11.6. The Hall–Kier alpha value is -3.26. The second kappa shape index (κ2) is 12.8. The van der Waals surface area contributed by atoms with Gasteiger partial charge in [-0.1, -0.05) is 18.2 Å². The molecule has 2 aliphatic heterocycles. The van der Waals surface area contributed by atoms with Crippen molar-refractivity contribution in [3.05, 3.63) is 48.3 Å². The van der Waals surface area contributed by atoms with E-state index in [0.29, 0.717) is 50.6 Å². The maximum absolute atomic E-state index is 15.2. The summed E-state index contributed by atoms with van der Waals surface area (Å²) < 4.78 is 51.7. The van der Waals surface area contributed by atoms with Crippen LogP contribution in [-0.4, -0.2) is 97.8 Å². The molecule has 2 N–H and O–H groups in total. The van der Waals surface area contributed by atoms with Crippen molar-refractivity contribution in [2.45, 2.75) is 56.3 Å². The third-order valence-corrected chi connectivity index (χ3v) is 9.51. The highest BCUT2D eigenvalue weighted by molar-refractivity contribution is 7.87. The normalized spacial score (nSPS) is 24.9. The molecule has 0 radical (unpaired) electrons. The van der Waals surface area contributed by atoms with Crippen LogP contribution in [-0.2, 0) is 19.7 Å². The molecule has 2 saturated heterocycles. The van der Waals surface area contributed by atoms with Gasteiger partial charge in [0, 0.05) is 44.9 Å². The van der Waals surface area contributed by atoms with Crippen LogP contribution in [0.4, 0.5) is 10.1 Å². The zero-order chi connectivity index (χ0) is 30.9. The van der Waals surface area contributed by atoms with Gasteiger partial charge in [-0.15, -0.1) is 0 Å². The number of piperazine rings is 1. The summed E-state index contributed by atoms with van der Waals surface area (Å²) in [7, 11) is -4.24. The van der Waals surface area contributed by atoms with Gasteiger partial charge in [-0.2, -0.15) is 8.42 Å². The van der Waals surface area contributed by atoms with E-state index in [1.54, 1.807) is 18.2 Å². The number of likely N-dealkylation sites (tertiary alicyclic amines) is 1. The lowest BCUT2D eigenvalue weighted by Gasteiger charge is -2.37. The van der Waals surface area contributed by atoms with E-state index < -0.39 is 45.7 Å². The minimum absolute atomic E-state index is 0.0876. The number of imide groups is 1. The monoisotopic (exact) mass is 619 g/mol. The van der Waals surface area contributed by atoms with Gasteiger partial charge in [0.2, 0.25) is 11.8 Å². The molecular weight excluding hydrogens is 581 g/mol. The van der Waals surface area contributed by atoms with Gasteiger partial charge < -0.3 is 24.0 Å². The molecule has 2 amide bonds. The minimum Gasteiger partial charge on any atom is -0.489 e. The van der Waals surface area contributed by atoms with Gasteiger partial charge in [-0.3, -0.25) is 19.4 Å². The Bertz CT molecular complexity index is 1400. The second-order valence-corrected chi connectivity index (χ2v) is 13.1. The average molecular weight is 620 g/mol. The van der Waals surface area contributed by atoms with E-state index in [0.717, 1.165) is 0 Å². The van der Waals surface area contributed by atoms with Crippen molar-refractivity contribution in [2.75, 3.05) is 44.2 Å². The van der Waals surface area contributed by atoms with Crippen molar-refractivity contribution in [2.24, 2.45) is 11.8 Å². The van der Waals surface area contributed by atoms with Gasteiger partial charge in [0.25, 0.3) is 0 Å². The fourth-order valence-corrected chi connectivity index (χ4v) is 6.99. The van der Waals surface area contributed by atoms with Gasteiger partial charge in [-0.05, 0) is 51.8 Å². The van der Waals surface area contributed by atoms with Crippen LogP contribution in [0, 0.1) is 17.7 Å². The first-order chi connectivity index (χ1) is 20.4. The number of fused-ring (bicyclic) bond motifs is 1. The first-order valence-electron chi connectivity index (χ1n) is 14.6. The van der Waals surface area contributed by atoms with Crippen LogP contribution in [0.3, 0.4) is 0 Å². The Balaban J connectivity index is 1.19. The maximum Gasteiger partial charge on any atom is 0.339 e. The van der Waals surface area contributed by atoms with Crippen LogP contribution in [0.2, 0.25) is 0 Å². The molecule has 2 heterocycles. The third-order valence-electron chi connectivity index (χ3n) is 8.26. The molecule has 0 aromatic heterocycles. The standard InChI is InChI=1S/C30H38FN3O8S/c1-19(2)41-28-18-27(42-43(39,40)20-7-4-3-5-8-20)23(31)17-24(28)33-13-11-32(12-14-33)9-6-10-34-29(37)21-15-25(35)26(36)16-22(21)30(34)38/h3-5,7-8,17-19,21-22,25-26,35-36H,6,9-16H2,1-2H3. The largest absolute Gasteiger partial charge is 0.489 e. The molecule has 234 valence electrons. The number of amides is 2. The summed E-state index contributed by atoms with van der Waals surface area (Å²) in [6.07, 6.45) is -1.43. The van der Waals surface area contributed by atoms with Crippen molar-refractivity contribution < 1.29 is 41.5 Å². The maximum atomic E-state index is 15.2. The van der Waals surface area contributed by atoms with Crippen LogP contribution < -0.4 is 13.8 Å². The Morgan fingerprint density at radius 3 is 2.09 bits per heavy atom. The number of benzene rings is 2. The van der Waals surface area contributed by atoms with E-state index in [4.69, 9.17) is 8.92 Å². The van der Waals surface area contributed by atoms with Gasteiger partial charge in [0.15, 0.2) is 11.6 Å². The number of rotatable bonds is 10. The number of aliphatic hydroxyl groups is 2. The van der Waals surface area contributed by atoms with Gasteiger partial charge in [0.1, 0.15) is 10.6 Å². The summed E-state index contributed by atoms with van der Waals surface area (Å²) in [5, 5.41) is 19.9. The molecule has 3 fully saturated rings. The number of carbonyl (C=O) groups excluding carboxylic acids is 2. The predicted octanol–water partition coefficient (Wildman–Crippen LogP) is 2.01. The number of carbonyl (C=O) groups is 2. The summed E-state index contributed by atoms with van der Waals surface area (Å²) in [5.41, 5.74) is 0.496. The highest BCUT2D eigenvalue weighted by Gasteiger charge is 2.51. The molecule has 0 spiro atoms. The predicted molar refractivity (Wildman–Crippen MR) is 155 cm³/mol. The zero-order valence-electron chi connectivity index (χ0n) is 24.3. The molecule has 11 nitrogen and oxygen atoms in total. The zero-order valence-corrected chi connectivity index (χ0v) is 25.1. The average Bonchev–Trinajstić information content (AvgIpc) is 3.19. The first-order valence-corrected chi connectivity index (χ1v) is 16.0. The topological polar surface area (TPSA) is 137 Å². The van der Waals surface area contributed by atoms with Crippen LogP contribution in [0.1, 0.15) is 33.1 Å².